The van der Waals surface area contributed by atoms with Crippen molar-refractivity contribution in [3.63, 3.8) is 0 Å². The molecule has 0 saturated carbocycles. The lowest BCUT2D eigenvalue weighted by Gasteiger charge is -2.22. The Labute approximate surface area is 192 Å². The van der Waals surface area contributed by atoms with Crippen molar-refractivity contribution in [3.8, 4) is 16.9 Å². The zero-order valence-corrected chi connectivity index (χ0v) is 18.0. The summed E-state index contributed by atoms with van der Waals surface area (Å²) in [5.41, 5.74) is 4.54. The molecule has 0 aliphatic rings. The molecule has 0 bridgehead atoms. The first kappa shape index (κ1) is 20.4. The number of aromatic nitrogens is 3. The van der Waals surface area contributed by atoms with Gasteiger partial charge in [0.1, 0.15) is 5.69 Å². The SMILES string of the molecule is O=C(c1nnn(-c2ccccc2)c1-c1ccccc1)N(Cc1ccccc1)c1ccccc1. The van der Waals surface area contributed by atoms with Gasteiger partial charge in [0.05, 0.1) is 12.2 Å². The van der Waals surface area contributed by atoms with Gasteiger partial charge in [-0.3, -0.25) is 4.79 Å². The molecule has 0 spiro atoms. The average Bonchev–Trinajstić information content (AvgIpc) is 3.34. The third-order valence-corrected chi connectivity index (χ3v) is 5.42. The second-order valence-electron chi connectivity index (χ2n) is 7.61. The molecule has 0 aliphatic carbocycles. The summed E-state index contributed by atoms with van der Waals surface area (Å²) in [5.74, 6) is -0.203. The fraction of sp³-hybridized carbons (Fsp3) is 0.0357. The van der Waals surface area contributed by atoms with Crippen LogP contribution in [-0.2, 0) is 6.54 Å². The number of hydrogen-bond donors (Lipinski definition) is 0. The van der Waals surface area contributed by atoms with E-state index in [0.717, 1.165) is 22.5 Å². The number of hydrogen-bond acceptors (Lipinski definition) is 3. The number of amides is 1. The fourth-order valence-electron chi connectivity index (χ4n) is 3.81. The average molecular weight is 431 g/mol. The molecule has 33 heavy (non-hydrogen) atoms. The molecular weight excluding hydrogens is 408 g/mol. The highest BCUT2D eigenvalue weighted by Gasteiger charge is 2.27. The van der Waals surface area contributed by atoms with Gasteiger partial charge >= 0.3 is 0 Å². The van der Waals surface area contributed by atoms with Gasteiger partial charge in [0.2, 0.25) is 0 Å². The van der Waals surface area contributed by atoms with Crippen LogP contribution in [-0.4, -0.2) is 20.9 Å². The summed E-state index contributed by atoms with van der Waals surface area (Å²) < 4.78 is 1.73. The van der Waals surface area contributed by atoms with E-state index in [1.807, 2.05) is 121 Å². The van der Waals surface area contributed by atoms with Gasteiger partial charge in [-0.2, -0.15) is 0 Å². The van der Waals surface area contributed by atoms with Gasteiger partial charge in [0, 0.05) is 11.3 Å². The number of rotatable bonds is 6. The monoisotopic (exact) mass is 430 g/mol. The highest BCUT2D eigenvalue weighted by Crippen LogP contribution is 2.28. The van der Waals surface area contributed by atoms with Crippen LogP contribution in [0, 0.1) is 0 Å². The van der Waals surface area contributed by atoms with Crippen LogP contribution in [0.5, 0.6) is 0 Å². The van der Waals surface area contributed by atoms with Crippen molar-refractivity contribution < 1.29 is 4.79 Å². The molecule has 0 aliphatic heterocycles. The van der Waals surface area contributed by atoms with E-state index in [1.165, 1.54) is 0 Å². The Kier molecular flexibility index (Phi) is 5.76. The number of benzene rings is 4. The van der Waals surface area contributed by atoms with Crippen LogP contribution in [0.3, 0.4) is 0 Å². The van der Waals surface area contributed by atoms with Crippen LogP contribution >= 0.6 is 0 Å². The zero-order chi connectivity index (χ0) is 22.5. The number of carbonyl (C=O) groups is 1. The minimum atomic E-state index is -0.203. The van der Waals surface area contributed by atoms with Crippen molar-refractivity contribution in [1.82, 2.24) is 15.0 Å². The standard InChI is InChI=1S/C28H22N4O/c33-28(31(24-17-9-3-10-18-24)21-22-13-5-1-6-14-22)26-27(23-15-7-2-8-16-23)32(30-29-26)25-19-11-4-12-20-25/h1-20H,21H2. The summed E-state index contributed by atoms with van der Waals surface area (Å²) in [6, 6.07) is 39.2. The Hall–Kier alpha value is -4.51. The van der Waals surface area contributed by atoms with E-state index in [0.29, 0.717) is 17.9 Å². The summed E-state index contributed by atoms with van der Waals surface area (Å²) in [6.45, 7) is 0.427. The van der Waals surface area contributed by atoms with Crippen LogP contribution in [0.15, 0.2) is 121 Å². The van der Waals surface area contributed by atoms with Crippen molar-refractivity contribution >= 4 is 11.6 Å². The molecule has 1 amide bonds. The Morgan fingerprint density at radius 2 is 1.24 bits per heavy atom. The summed E-state index contributed by atoms with van der Waals surface area (Å²) in [4.78, 5) is 15.7. The second-order valence-corrected chi connectivity index (χ2v) is 7.61. The molecule has 5 aromatic rings. The van der Waals surface area contributed by atoms with E-state index < -0.39 is 0 Å². The molecule has 0 saturated heterocycles. The summed E-state index contributed by atoms with van der Waals surface area (Å²) in [6.07, 6.45) is 0. The predicted octanol–water partition coefficient (Wildman–Crippen LogP) is 5.78. The van der Waals surface area contributed by atoms with Gasteiger partial charge in [-0.25, -0.2) is 4.68 Å². The molecule has 0 fully saturated rings. The van der Waals surface area contributed by atoms with E-state index in [2.05, 4.69) is 10.3 Å². The summed E-state index contributed by atoms with van der Waals surface area (Å²) >= 11 is 0. The van der Waals surface area contributed by atoms with E-state index in [4.69, 9.17) is 0 Å². The molecule has 4 aromatic carbocycles. The van der Waals surface area contributed by atoms with Crippen LogP contribution < -0.4 is 4.90 Å². The number of para-hydroxylation sites is 2. The fourth-order valence-corrected chi connectivity index (χ4v) is 3.81. The lowest BCUT2D eigenvalue weighted by atomic mass is 10.1. The maximum absolute atomic E-state index is 14.0. The lowest BCUT2D eigenvalue weighted by molar-refractivity contribution is 0.0981. The van der Waals surface area contributed by atoms with Gasteiger partial charge in [-0.05, 0) is 29.8 Å². The first-order valence-electron chi connectivity index (χ1n) is 10.8. The lowest BCUT2D eigenvalue weighted by Crippen LogP contribution is -2.31. The molecule has 0 radical (unpaired) electrons. The molecule has 0 atom stereocenters. The molecule has 5 heteroatoms. The Bertz CT molecular complexity index is 1330. The quantitative estimate of drug-likeness (QED) is 0.343. The smallest absolute Gasteiger partial charge is 0.281 e. The van der Waals surface area contributed by atoms with Gasteiger partial charge in [0.25, 0.3) is 5.91 Å². The van der Waals surface area contributed by atoms with Crippen LogP contribution in [0.2, 0.25) is 0 Å². The Morgan fingerprint density at radius 3 is 1.88 bits per heavy atom. The Morgan fingerprint density at radius 1 is 0.697 bits per heavy atom. The zero-order valence-electron chi connectivity index (χ0n) is 18.0. The van der Waals surface area contributed by atoms with Crippen molar-refractivity contribution in [2.75, 3.05) is 4.90 Å². The van der Waals surface area contributed by atoms with Gasteiger partial charge in [-0.15, -0.1) is 5.10 Å². The van der Waals surface area contributed by atoms with Crippen LogP contribution in [0.1, 0.15) is 16.1 Å². The highest BCUT2D eigenvalue weighted by molar-refractivity contribution is 6.08. The molecule has 1 heterocycles. The molecule has 0 N–H and O–H groups in total. The highest BCUT2D eigenvalue weighted by atomic mass is 16.2. The summed E-state index contributed by atoms with van der Waals surface area (Å²) in [7, 11) is 0. The van der Waals surface area contributed by atoms with Crippen molar-refractivity contribution in [3.05, 3.63) is 133 Å². The summed E-state index contributed by atoms with van der Waals surface area (Å²) in [5, 5.41) is 8.76. The first-order chi connectivity index (χ1) is 16.3. The number of anilines is 1. The predicted molar refractivity (Wildman–Crippen MR) is 130 cm³/mol. The maximum Gasteiger partial charge on any atom is 0.281 e. The topological polar surface area (TPSA) is 51.0 Å². The first-order valence-corrected chi connectivity index (χ1v) is 10.8. The molecule has 1 aromatic heterocycles. The van der Waals surface area contributed by atoms with Gasteiger partial charge in [-0.1, -0.05) is 102 Å². The molecule has 5 rings (SSSR count). The molecular formula is C28H22N4O. The van der Waals surface area contributed by atoms with E-state index in [-0.39, 0.29) is 5.91 Å². The largest absolute Gasteiger partial charge is 0.302 e. The molecule has 160 valence electrons. The number of carbonyl (C=O) groups excluding carboxylic acids is 1. The third kappa shape index (κ3) is 4.29. The van der Waals surface area contributed by atoms with Gasteiger partial charge < -0.3 is 4.90 Å². The van der Waals surface area contributed by atoms with Gasteiger partial charge in [0.15, 0.2) is 5.69 Å². The third-order valence-electron chi connectivity index (χ3n) is 5.42. The molecule has 5 nitrogen and oxygen atoms in total. The normalized spacial score (nSPS) is 10.7. The van der Waals surface area contributed by atoms with Crippen molar-refractivity contribution in [2.24, 2.45) is 0 Å². The van der Waals surface area contributed by atoms with Crippen molar-refractivity contribution in [1.29, 1.82) is 0 Å². The second kappa shape index (κ2) is 9.32. The van der Waals surface area contributed by atoms with E-state index in [9.17, 15) is 4.79 Å². The minimum absolute atomic E-state index is 0.203. The van der Waals surface area contributed by atoms with E-state index in [1.54, 1.807) is 9.58 Å². The van der Waals surface area contributed by atoms with E-state index >= 15 is 0 Å². The maximum atomic E-state index is 14.0. The minimum Gasteiger partial charge on any atom is -0.302 e. The van der Waals surface area contributed by atoms with Crippen LogP contribution in [0.25, 0.3) is 16.9 Å². The van der Waals surface area contributed by atoms with Crippen molar-refractivity contribution in [2.45, 2.75) is 6.54 Å². The molecule has 0 unspecified atom stereocenters. The Balaban J connectivity index is 1.64. The van der Waals surface area contributed by atoms with Crippen LogP contribution in [0.4, 0.5) is 5.69 Å². The number of nitrogens with zero attached hydrogens (tertiary/aromatic N) is 4.